The Kier molecular flexibility index (Phi) is 13.2. The number of rotatable bonds is 15. The second-order valence-electron chi connectivity index (χ2n) is 8.61. The molecule has 0 saturated heterocycles. The van der Waals surface area contributed by atoms with Gasteiger partial charge in [0, 0.05) is 23.6 Å². The third-order valence-electron chi connectivity index (χ3n) is 5.15. The van der Waals surface area contributed by atoms with Gasteiger partial charge in [-0.05, 0) is 53.4 Å². The van der Waals surface area contributed by atoms with Crippen LogP contribution in [-0.4, -0.2) is 44.4 Å². The first kappa shape index (κ1) is 30.6. The molecule has 36 heavy (non-hydrogen) atoms. The van der Waals surface area contributed by atoms with Gasteiger partial charge in [-0.2, -0.15) is 11.8 Å². The van der Waals surface area contributed by atoms with Crippen molar-refractivity contribution in [3.05, 3.63) is 78.9 Å². The first-order chi connectivity index (χ1) is 16.9. The number of carboxylic acids is 1. The molecule has 1 atom stereocenters. The number of nitro benzene ring substituents is 2. The molecule has 1 aromatic rings. The van der Waals surface area contributed by atoms with Crippen LogP contribution in [0.25, 0.3) is 0 Å². The fourth-order valence-corrected chi connectivity index (χ4v) is 4.08. The Hall–Kier alpha value is -3.47. The molecule has 1 amide bonds. The number of nitrogens with zero attached hydrogens (tertiary/aromatic N) is 2. The highest BCUT2D eigenvalue weighted by molar-refractivity contribution is 7.99. The van der Waals surface area contributed by atoms with E-state index in [4.69, 9.17) is 0 Å². The Morgan fingerprint density at radius 1 is 0.944 bits per heavy atom. The largest absolute Gasteiger partial charge is 0.480 e. The Balaban J connectivity index is 2.62. The number of amides is 1. The van der Waals surface area contributed by atoms with Crippen molar-refractivity contribution in [1.29, 1.82) is 0 Å². The van der Waals surface area contributed by atoms with Crippen molar-refractivity contribution in [2.45, 2.75) is 59.4 Å². The summed E-state index contributed by atoms with van der Waals surface area (Å²) in [6.45, 7) is 8.31. The number of carboxylic acid groups (broad SMARTS) is 1. The molecule has 1 rings (SSSR count). The Morgan fingerprint density at radius 3 is 1.97 bits per heavy atom. The number of allylic oxidation sites excluding steroid dienone is 5. The smallest absolute Gasteiger partial charge is 0.327 e. The number of aliphatic carboxylic acids is 1. The SMILES string of the molecule is CC(C)=CCC/C(C)=C/CC/C(C)=C/CSC[C@H](NC(=O)c1cc([N+](=O)[O-])cc([N+](=O)[O-])c1)C(=O)O. The molecule has 0 radical (unpaired) electrons. The third kappa shape index (κ3) is 11.8. The van der Waals surface area contributed by atoms with E-state index in [0.29, 0.717) is 5.75 Å². The molecule has 10 nitrogen and oxygen atoms in total. The van der Waals surface area contributed by atoms with E-state index < -0.39 is 39.1 Å². The normalized spacial score (nSPS) is 12.6. The van der Waals surface area contributed by atoms with E-state index in [0.717, 1.165) is 43.9 Å². The lowest BCUT2D eigenvalue weighted by molar-refractivity contribution is -0.394. The van der Waals surface area contributed by atoms with Crippen molar-refractivity contribution >= 4 is 35.0 Å². The minimum Gasteiger partial charge on any atom is -0.480 e. The summed E-state index contributed by atoms with van der Waals surface area (Å²) < 4.78 is 0. The zero-order valence-electron chi connectivity index (χ0n) is 21.0. The minimum absolute atomic E-state index is 0.0608. The summed E-state index contributed by atoms with van der Waals surface area (Å²) in [5, 5.41) is 33.8. The van der Waals surface area contributed by atoms with Crippen LogP contribution in [0.5, 0.6) is 0 Å². The quantitative estimate of drug-likeness (QED) is 0.127. The van der Waals surface area contributed by atoms with E-state index in [1.54, 1.807) is 0 Å². The lowest BCUT2D eigenvalue weighted by Crippen LogP contribution is -2.42. The van der Waals surface area contributed by atoms with Crippen LogP contribution < -0.4 is 5.32 Å². The third-order valence-corrected chi connectivity index (χ3v) is 6.12. The van der Waals surface area contributed by atoms with Gasteiger partial charge in [0.15, 0.2) is 0 Å². The lowest BCUT2D eigenvalue weighted by atomic mass is 10.1. The lowest BCUT2D eigenvalue weighted by Gasteiger charge is -2.14. The molecule has 2 N–H and O–H groups in total. The highest BCUT2D eigenvalue weighted by Gasteiger charge is 2.24. The zero-order chi connectivity index (χ0) is 27.3. The second kappa shape index (κ2) is 15.5. The predicted octanol–water partition coefficient (Wildman–Crippen LogP) is 5.84. The van der Waals surface area contributed by atoms with Crippen LogP contribution in [0.4, 0.5) is 11.4 Å². The number of thioether (sulfide) groups is 1. The molecule has 0 spiro atoms. The standard InChI is InChI=1S/C25H33N3O7S/c1-17(2)7-5-8-18(3)9-6-10-19(4)11-12-36-16-23(25(30)31)26-24(29)20-13-21(27(32)33)15-22(14-20)28(34)35/h7,9,11,13-15,23H,5-6,8,10,12,16H2,1-4H3,(H,26,29)(H,30,31)/b18-9+,19-11+/t23-/m0/s1. The average Bonchev–Trinajstić information content (AvgIpc) is 2.80. The van der Waals surface area contributed by atoms with Gasteiger partial charge in [-0.3, -0.25) is 25.0 Å². The van der Waals surface area contributed by atoms with Gasteiger partial charge in [0.05, 0.1) is 21.5 Å². The average molecular weight is 520 g/mol. The number of nitro groups is 2. The number of carbonyl (C=O) groups excluding carboxylic acids is 1. The molecule has 0 unspecified atom stereocenters. The van der Waals surface area contributed by atoms with Crippen LogP contribution in [0, 0.1) is 20.2 Å². The van der Waals surface area contributed by atoms with E-state index in [9.17, 15) is 34.9 Å². The van der Waals surface area contributed by atoms with Crippen molar-refractivity contribution in [3.63, 3.8) is 0 Å². The minimum atomic E-state index is -1.27. The molecule has 196 valence electrons. The second-order valence-corrected chi connectivity index (χ2v) is 9.69. The van der Waals surface area contributed by atoms with E-state index in [1.807, 2.05) is 13.0 Å². The highest BCUT2D eigenvalue weighted by atomic mass is 32.2. The maximum absolute atomic E-state index is 12.5. The number of carbonyl (C=O) groups is 2. The number of hydrogen-bond acceptors (Lipinski definition) is 7. The van der Waals surface area contributed by atoms with Crippen LogP contribution in [-0.2, 0) is 4.79 Å². The van der Waals surface area contributed by atoms with Crippen LogP contribution in [0.2, 0.25) is 0 Å². The summed E-state index contributed by atoms with van der Waals surface area (Å²) in [4.78, 5) is 44.4. The summed E-state index contributed by atoms with van der Waals surface area (Å²) >= 11 is 1.31. The van der Waals surface area contributed by atoms with Crippen molar-refractivity contribution in [2.24, 2.45) is 0 Å². The fraction of sp³-hybridized carbons (Fsp3) is 0.440. The number of hydrogen-bond donors (Lipinski definition) is 2. The van der Waals surface area contributed by atoms with Gasteiger partial charge in [0.25, 0.3) is 17.3 Å². The van der Waals surface area contributed by atoms with Crippen LogP contribution >= 0.6 is 11.8 Å². The number of benzene rings is 1. The molecule has 0 aliphatic heterocycles. The summed E-state index contributed by atoms with van der Waals surface area (Å²) in [6.07, 6.45) is 10.4. The van der Waals surface area contributed by atoms with Gasteiger partial charge in [-0.1, -0.05) is 34.9 Å². The maximum Gasteiger partial charge on any atom is 0.327 e. The fourth-order valence-electron chi connectivity index (χ4n) is 3.08. The van der Waals surface area contributed by atoms with Gasteiger partial charge in [-0.25, -0.2) is 4.79 Å². The molecule has 0 heterocycles. The van der Waals surface area contributed by atoms with Crippen LogP contribution in [0.1, 0.15) is 63.7 Å². The zero-order valence-corrected chi connectivity index (χ0v) is 21.8. The highest BCUT2D eigenvalue weighted by Crippen LogP contribution is 2.23. The van der Waals surface area contributed by atoms with Crippen LogP contribution in [0.15, 0.2) is 53.1 Å². The van der Waals surface area contributed by atoms with E-state index in [-0.39, 0.29) is 11.3 Å². The number of non-ortho nitro benzene ring substituents is 2. The van der Waals surface area contributed by atoms with E-state index in [1.165, 1.54) is 28.5 Å². The predicted molar refractivity (Wildman–Crippen MR) is 141 cm³/mol. The van der Waals surface area contributed by atoms with Gasteiger partial charge in [0.1, 0.15) is 6.04 Å². The topological polar surface area (TPSA) is 153 Å². The molecule has 0 bridgehead atoms. The van der Waals surface area contributed by atoms with E-state index >= 15 is 0 Å². The van der Waals surface area contributed by atoms with E-state index in [2.05, 4.69) is 38.2 Å². The summed E-state index contributed by atoms with van der Waals surface area (Å²) in [6, 6.07) is 1.22. The molecular weight excluding hydrogens is 486 g/mol. The Morgan fingerprint density at radius 2 is 1.47 bits per heavy atom. The van der Waals surface area contributed by atoms with Crippen molar-refractivity contribution in [1.82, 2.24) is 5.32 Å². The monoisotopic (exact) mass is 519 g/mol. The van der Waals surface area contributed by atoms with Gasteiger partial charge in [0.2, 0.25) is 0 Å². The van der Waals surface area contributed by atoms with Gasteiger partial charge >= 0.3 is 5.97 Å². The molecule has 0 saturated carbocycles. The summed E-state index contributed by atoms with van der Waals surface area (Å²) in [5.74, 6) is -1.60. The van der Waals surface area contributed by atoms with Crippen LogP contribution in [0.3, 0.4) is 0 Å². The molecule has 11 heteroatoms. The van der Waals surface area contributed by atoms with Crippen molar-refractivity contribution in [2.75, 3.05) is 11.5 Å². The van der Waals surface area contributed by atoms with Gasteiger partial charge < -0.3 is 10.4 Å². The molecule has 0 aliphatic rings. The molecule has 0 fully saturated rings. The first-order valence-corrected chi connectivity index (χ1v) is 12.6. The summed E-state index contributed by atoms with van der Waals surface area (Å²) in [5.41, 5.74) is 2.23. The van der Waals surface area contributed by atoms with Gasteiger partial charge in [-0.15, -0.1) is 0 Å². The maximum atomic E-state index is 12.5. The van der Waals surface area contributed by atoms with Crippen molar-refractivity contribution in [3.8, 4) is 0 Å². The molecule has 1 aromatic carbocycles. The van der Waals surface area contributed by atoms with Crippen molar-refractivity contribution < 1.29 is 24.5 Å². The number of nitrogens with one attached hydrogen (secondary N) is 1. The molecular formula is C25H33N3O7S. The first-order valence-electron chi connectivity index (χ1n) is 11.4. The molecule has 0 aromatic heterocycles. The Labute approximate surface area is 214 Å². The Bertz CT molecular complexity index is 1030. The summed E-state index contributed by atoms with van der Waals surface area (Å²) in [7, 11) is 0. The molecule has 0 aliphatic carbocycles.